The second kappa shape index (κ2) is 8.95. The number of nitrogen functional groups attached to an aromatic ring is 1. The van der Waals surface area contributed by atoms with Gasteiger partial charge in [-0.15, -0.1) is 23.1 Å². The molecule has 2 atom stereocenters. The quantitative estimate of drug-likeness (QED) is 0.406. The monoisotopic (exact) mass is 433 g/mol. The lowest BCUT2D eigenvalue weighted by Gasteiger charge is -2.22. The van der Waals surface area contributed by atoms with Gasteiger partial charge in [-0.3, -0.25) is 4.79 Å². The van der Waals surface area contributed by atoms with Crippen LogP contribution in [0.2, 0.25) is 0 Å². The predicted molar refractivity (Wildman–Crippen MR) is 125 cm³/mol. The standard InChI is InChI=1S/C24H23N3OS2/c1-15(29-19-10-8-18(26)9-11-19)23(28)27-24-21(14-25)20-12-7-17(13-22(20)30-24)16-5-3-2-4-6-16/h2-6,8-11,15,17H,7,12-13,26H2,1H3,(H,27,28). The summed E-state index contributed by atoms with van der Waals surface area (Å²) in [6, 6.07) is 20.4. The Balaban J connectivity index is 1.48. The number of fused-ring (bicyclic) bond motifs is 1. The van der Waals surface area contributed by atoms with Crippen LogP contribution in [-0.4, -0.2) is 11.2 Å². The van der Waals surface area contributed by atoms with Crippen LogP contribution in [-0.2, 0) is 17.6 Å². The van der Waals surface area contributed by atoms with Crippen LogP contribution in [0.3, 0.4) is 0 Å². The first-order valence-electron chi connectivity index (χ1n) is 9.97. The number of anilines is 2. The third kappa shape index (κ3) is 4.38. The highest BCUT2D eigenvalue weighted by molar-refractivity contribution is 8.00. The Hall–Kier alpha value is -2.75. The van der Waals surface area contributed by atoms with E-state index in [0.29, 0.717) is 22.2 Å². The third-order valence-corrected chi connectivity index (χ3v) is 7.73. The third-order valence-electron chi connectivity index (χ3n) is 5.45. The molecule has 2 aromatic carbocycles. The molecule has 152 valence electrons. The Morgan fingerprint density at radius 2 is 1.97 bits per heavy atom. The van der Waals surface area contributed by atoms with Crippen molar-refractivity contribution in [1.29, 1.82) is 5.26 Å². The molecular weight excluding hydrogens is 410 g/mol. The molecule has 0 spiro atoms. The van der Waals surface area contributed by atoms with E-state index in [4.69, 9.17) is 5.73 Å². The number of thiophene rings is 1. The molecule has 1 heterocycles. The maximum absolute atomic E-state index is 12.8. The largest absolute Gasteiger partial charge is 0.399 e. The minimum atomic E-state index is -0.281. The van der Waals surface area contributed by atoms with E-state index in [2.05, 4.69) is 35.7 Å². The molecule has 0 saturated heterocycles. The van der Waals surface area contributed by atoms with Crippen molar-refractivity contribution < 1.29 is 4.79 Å². The molecule has 4 rings (SSSR count). The van der Waals surface area contributed by atoms with Crippen LogP contribution >= 0.6 is 23.1 Å². The van der Waals surface area contributed by atoms with Crippen molar-refractivity contribution in [3.05, 3.63) is 76.2 Å². The van der Waals surface area contributed by atoms with Gasteiger partial charge in [-0.1, -0.05) is 30.3 Å². The van der Waals surface area contributed by atoms with Gasteiger partial charge in [-0.2, -0.15) is 5.26 Å². The molecule has 0 radical (unpaired) electrons. The van der Waals surface area contributed by atoms with Crippen molar-refractivity contribution in [3.63, 3.8) is 0 Å². The zero-order valence-corrected chi connectivity index (χ0v) is 18.4. The topological polar surface area (TPSA) is 78.9 Å². The Morgan fingerprint density at radius 3 is 2.67 bits per heavy atom. The number of thioether (sulfide) groups is 1. The normalized spacial score (nSPS) is 16.3. The smallest absolute Gasteiger partial charge is 0.238 e. The van der Waals surface area contributed by atoms with Crippen LogP contribution in [0, 0.1) is 11.3 Å². The van der Waals surface area contributed by atoms with E-state index in [-0.39, 0.29) is 11.2 Å². The van der Waals surface area contributed by atoms with Crippen LogP contribution in [0.15, 0.2) is 59.5 Å². The van der Waals surface area contributed by atoms with Gasteiger partial charge in [0.25, 0.3) is 0 Å². The maximum atomic E-state index is 12.8. The number of amides is 1. The lowest BCUT2D eigenvalue weighted by molar-refractivity contribution is -0.115. The lowest BCUT2D eigenvalue weighted by atomic mass is 9.83. The van der Waals surface area contributed by atoms with E-state index in [1.165, 1.54) is 22.2 Å². The first-order chi connectivity index (χ1) is 14.5. The van der Waals surface area contributed by atoms with Crippen molar-refractivity contribution in [3.8, 4) is 6.07 Å². The number of carbonyl (C=O) groups is 1. The molecule has 2 unspecified atom stereocenters. The van der Waals surface area contributed by atoms with Crippen molar-refractivity contribution in [2.75, 3.05) is 11.1 Å². The fourth-order valence-electron chi connectivity index (χ4n) is 3.82. The van der Waals surface area contributed by atoms with E-state index in [1.807, 2.05) is 37.3 Å². The number of rotatable bonds is 5. The zero-order chi connectivity index (χ0) is 21.1. The van der Waals surface area contributed by atoms with Gasteiger partial charge in [0.1, 0.15) is 11.1 Å². The van der Waals surface area contributed by atoms with Crippen molar-refractivity contribution in [2.45, 2.75) is 42.2 Å². The Kier molecular flexibility index (Phi) is 6.12. The van der Waals surface area contributed by atoms with Crippen molar-refractivity contribution in [1.82, 2.24) is 0 Å². The van der Waals surface area contributed by atoms with Gasteiger partial charge in [-0.25, -0.2) is 0 Å². The number of hydrogen-bond donors (Lipinski definition) is 2. The van der Waals surface area contributed by atoms with E-state index in [0.717, 1.165) is 29.7 Å². The molecule has 3 N–H and O–H groups in total. The molecule has 3 aromatic rings. The number of nitriles is 1. The number of carbonyl (C=O) groups excluding carboxylic acids is 1. The molecule has 30 heavy (non-hydrogen) atoms. The number of nitrogens with zero attached hydrogens (tertiary/aromatic N) is 1. The molecule has 1 aromatic heterocycles. The average Bonchev–Trinajstić information content (AvgIpc) is 3.11. The summed E-state index contributed by atoms with van der Waals surface area (Å²) < 4.78 is 0. The molecule has 1 amide bonds. The van der Waals surface area contributed by atoms with E-state index >= 15 is 0 Å². The van der Waals surface area contributed by atoms with Crippen molar-refractivity contribution >= 4 is 39.7 Å². The van der Waals surface area contributed by atoms with Gasteiger partial charge in [-0.05, 0) is 67.5 Å². The fraction of sp³-hybridized carbons (Fsp3) is 0.250. The molecule has 1 aliphatic carbocycles. The maximum Gasteiger partial charge on any atom is 0.238 e. The number of nitrogens with one attached hydrogen (secondary N) is 1. The summed E-state index contributed by atoms with van der Waals surface area (Å²) in [6.45, 7) is 1.88. The van der Waals surface area contributed by atoms with E-state index < -0.39 is 0 Å². The molecule has 0 saturated carbocycles. The number of nitrogens with two attached hydrogens (primary N) is 1. The number of hydrogen-bond acceptors (Lipinski definition) is 5. The molecule has 1 aliphatic rings. The summed E-state index contributed by atoms with van der Waals surface area (Å²) in [5.41, 5.74) is 9.53. The first-order valence-corrected chi connectivity index (χ1v) is 11.7. The summed E-state index contributed by atoms with van der Waals surface area (Å²) in [5.74, 6) is 0.374. The highest BCUT2D eigenvalue weighted by Crippen LogP contribution is 2.42. The Bertz CT molecular complexity index is 1080. The van der Waals surface area contributed by atoms with Gasteiger partial charge in [0, 0.05) is 15.5 Å². The average molecular weight is 434 g/mol. The summed E-state index contributed by atoms with van der Waals surface area (Å²) in [6.07, 6.45) is 2.82. The van der Waals surface area contributed by atoms with E-state index in [1.54, 1.807) is 11.3 Å². The van der Waals surface area contributed by atoms with Gasteiger partial charge in [0.2, 0.25) is 5.91 Å². The number of benzene rings is 2. The van der Waals surface area contributed by atoms with Gasteiger partial charge in [0.15, 0.2) is 0 Å². The highest BCUT2D eigenvalue weighted by Gasteiger charge is 2.28. The molecule has 0 bridgehead atoms. The van der Waals surface area contributed by atoms with Crippen LogP contribution < -0.4 is 11.1 Å². The second-order valence-electron chi connectivity index (χ2n) is 7.49. The SMILES string of the molecule is CC(Sc1ccc(N)cc1)C(=O)Nc1sc2c(c1C#N)CCC(c1ccccc1)C2. The summed E-state index contributed by atoms with van der Waals surface area (Å²) >= 11 is 3.04. The fourth-order valence-corrected chi connectivity index (χ4v) is 5.97. The highest BCUT2D eigenvalue weighted by atomic mass is 32.2. The minimum Gasteiger partial charge on any atom is -0.399 e. The molecule has 4 nitrogen and oxygen atoms in total. The molecule has 6 heteroatoms. The van der Waals surface area contributed by atoms with Crippen molar-refractivity contribution in [2.24, 2.45) is 0 Å². The van der Waals surface area contributed by atoms with Crippen LogP contribution in [0.1, 0.15) is 40.8 Å². The van der Waals surface area contributed by atoms with Gasteiger partial charge >= 0.3 is 0 Å². The van der Waals surface area contributed by atoms with Crippen LogP contribution in [0.25, 0.3) is 0 Å². The van der Waals surface area contributed by atoms with Crippen LogP contribution in [0.4, 0.5) is 10.7 Å². The summed E-state index contributed by atoms with van der Waals surface area (Å²) in [4.78, 5) is 15.0. The Morgan fingerprint density at radius 1 is 1.23 bits per heavy atom. The zero-order valence-electron chi connectivity index (χ0n) is 16.7. The van der Waals surface area contributed by atoms with Gasteiger partial charge < -0.3 is 11.1 Å². The van der Waals surface area contributed by atoms with Crippen LogP contribution in [0.5, 0.6) is 0 Å². The minimum absolute atomic E-state index is 0.0912. The predicted octanol–water partition coefficient (Wildman–Crippen LogP) is 5.59. The molecular formula is C24H23N3OS2. The van der Waals surface area contributed by atoms with E-state index in [9.17, 15) is 10.1 Å². The molecule has 0 aliphatic heterocycles. The summed E-state index contributed by atoms with van der Waals surface area (Å²) in [5, 5.41) is 13.2. The van der Waals surface area contributed by atoms with Gasteiger partial charge in [0.05, 0.1) is 10.8 Å². The summed E-state index contributed by atoms with van der Waals surface area (Å²) in [7, 11) is 0. The lowest BCUT2D eigenvalue weighted by Crippen LogP contribution is -2.22. The first kappa shape index (κ1) is 20.5. The molecule has 0 fully saturated rings. The Labute approximate surface area is 185 Å². The second-order valence-corrected chi connectivity index (χ2v) is 10.0.